The fourth-order valence-electron chi connectivity index (χ4n) is 3.30. The Labute approximate surface area is 178 Å². The Balaban J connectivity index is 1.49. The van der Waals surface area contributed by atoms with Crippen molar-refractivity contribution in [2.24, 2.45) is 0 Å². The van der Waals surface area contributed by atoms with Crippen LogP contribution < -0.4 is 14.8 Å². The highest BCUT2D eigenvalue weighted by Gasteiger charge is 2.18. The molecule has 1 N–H and O–H groups in total. The lowest BCUT2D eigenvalue weighted by molar-refractivity contribution is 0.0947. The van der Waals surface area contributed by atoms with Gasteiger partial charge in [0.15, 0.2) is 5.82 Å². The van der Waals surface area contributed by atoms with Gasteiger partial charge < -0.3 is 14.8 Å². The number of hydrogen-bond donors (Lipinski definition) is 1. The Morgan fingerprint density at radius 3 is 2.53 bits per heavy atom. The molecule has 30 heavy (non-hydrogen) atoms. The molecule has 2 heterocycles. The van der Waals surface area contributed by atoms with Crippen LogP contribution in [0.15, 0.2) is 47.8 Å². The summed E-state index contributed by atoms with van der Waals surface area (Å²) in [7, 11) is 3.06. The summed E-state index contributed by atoms with van der Waals surface area (Å²) in [5.74, 6) is 1.42. The van der Waals surface area contributed by atoms with Crippen LogP contribution >= 0.6 is 11.3 Å². The standard InChI is InChI=1S/C22H22N4O3S/c1-14-7-4-5-8-16(14)20-24-22-26(25-20)15(13-30-22)11-12-23-21(27)19-17(28-2)9-6-10-18(19)29-3/h4-10,13H,11-12H2,1-3H3,(H,23,27). The molecule has 4 aromatic rings. The molecule has 0 fully saturated rings. The van der Waals surface area contributed by atoms with Crippen molar-refractivity contribution < 1.29 is 14.3 Å². The van der Waals surface area contributed by atoms with Crippen LogP contribution in [0.25, 0.3) is 16.3 Å². The molecular formula is C22H22N4O3S. The van der Waals surface area contributed by atoms with E-state index in [2.05, 4.69) is 15.4 Å². The Hall–Kier alpha value is -3.39. The summed E-state index contributed by atoms with van der Waals surface area (Å²) in [5, 5.41) is 9.64. The van der Waals surface area contributed by atoms with E-state index in [1.807, 2.05) is 41.1 Å². The van der Waals surface area contributed by atoms with Crippen molar-refractivity contribution >= 4 is 22.2 Å². The summed E-state index contributed by atoms with van der Waals surface area (Å²) in [6, 6.07) is 13.3. The van der Waals surface area contributed by atoms with E-state index in [-0.39, 0.29) is 5.91 Å². The minimum Gasteiger partial charge on any atom is -0.496 e. The zero-order valence-electron chi connectivity index (χ0n) is 17.0. The van der Waals surface area contributed by atoms with Crippen LogP contribution in [0.2, 0.25) is 0 Å². The smallest absolute Gasteiger partial charge is 0.258 e. The van der Waals surface area contributed by atoms with Crippen molar-refractivity contribution in [3.8, 4) is 22.9 Å². The fourth-order valence-corrected chi connectivity index (χ4v) is 4.16. The van der Waals surface area contributed by atoms with E-state index in [0.717, 1.165) is 21.8 Å². The van der Waals surface area contributed by atoms with Gasteiger partial charge >= 0.3 is 0 Å². The highest BCUT2D eigenvalue weighted by molar-refractivity contribution is 7.15. The lowest BCUT2D eigenvalue weighted by atomic mass is 10.1. The van der Waals surface area contributed by atoms with Gasteiger partial charge in [0, 0.05) is 23.9 Å². The third-order valence-corrected chi connectivity index (χ3v) is 5.72. The van der Waals surface area contributed by atoms with Gasteiger partial charge in [0.2, 0.25) is 4.96 Å². The number of aryl methyl sites for hydroxylation is 1. The van der Waals surface area contributed by atoms with Gasteiger partial charge in [0.1, 0.15) is 17.1 Å². The largest absolute Gasteiger partial charge is 0.496 e. The predicted molar refractivity (Wildman–Crippen MR) is 117 cm³/mol. The van der Waals surface area contributed by atoms with Crippen LogP contribution in [0.1, 0.15) is 21.6 Å². The van der Waals surface area contributed by atoms with Gasteiger partial charge in [0.25, 0.3) is 5.91 Å². The summed E-state index contributed by atoms with van der Waals surface area (Å²) < 4.78 is 12.5. The molecule has 0 radical (unpaired) electrons. The van der Waals surface area contributed by atoms with E-state index in [9.17, 15) is 4.79 Å². The SMILES string of the molecule is COc1cccc(OC)c1C(=O)NCCc1csc2nc(-c3ccccc3C)nn12. The second-order valence-electron chi connectivity index (χ2n) is 6.72. The fraction of sp³-hybridized carbons (Fsp3) is 0.227. The highest BCUT2D eigenvalue weighted by atomic mass is 32.1. The van der Waals surface area contributed by atoms with Crippen molar-refractivity contribution in [2.75, 3.05) is 20.8 Å². The van der Waals surface area contributed by atoms with Crippen LogP contribution in [-0.2, 0) is 6.42 Å². The predicted octanol–water partition coefficient (Wildman–Crippen LogP) is 3.76. The molecule has 154 valence electrons. The van der Waals surface area contributed by atoms with Gasteiger partial charge in [-0.3, -0.25) is 4.79 Å². The minimum absolute atomic E-state index is 0.241. The molecule has 4 rings (SSSR count). The number of amides is 1. The molecule has 0 atom stereocenters. The third-order valence-electron chi connectivity index (χ3n) is 4.86. The summed E-state index contributed by atoms with van der Waals surface area (Å²) in [6.07, 6.45) is 0.625. The number of carbonyl (C=O) groups excluding carboxylic acids is 1. The molecule has 0 aliphatic carbocycles. The number of fused-ring (bicyclic) bond motifs is 1. The van der Waals surface area contributed by atoms with E-state index in [1.165, 1.54) is 25.6 Å². The Bertz CT molecular complexity index is 1180. The van der Waals surface area contributed by atoms with Gasteiger partial charge in [-0.1, -0.05) is 30.3 Å². The second-order valence-corrected chi connectivity index (χ2v) is 7.55. The molecule has 0 aliphatic heterocycles. The molecule has 8 heteroatoms. The first kappa shape index (κ1) is 19.9. The van der Waals surface area contributed by atoms with E-state index in [0.29, 0.717) is 35.9 Å². The number of hydrogen-bond acceptors (Lipinski definition) is 6. The van der Waals surface area contributed by atoms with Gasteiger partial charge in [-0.25, -0.2) is 4.52 Å². The number of aromatic nitrogens is 3. The van der Waals surface area contributed by atoms with Crippen LogP contribution in [-0.4, -0.2) is 41.3 Å². The minimum atomic E-state index is -0.241. The van der Waals surface area contributed by atoms with Crippen LogP contribution in [0.5, 0.6) is 11.5 Å². The monoisotopic (exact) mass is 422 g/mol. The maximum Gasteiger partial charge on any atom is 0.258 e. The van der Waals surface area contributed by atoms with Gasteiger partial charge in [-0.2, -0.15) is 4.98 Å². The Morgan fingerprint density at radius 1 is 1.10 bits per heavy atom. The van der Waals surface area contributed by atoms with Gasteiger partial charge in [-0.05, 0) is 24.6 Å². The zero-order chi connectivity index (χ0) is 21.1. The molecular weight excluding hydrogens is 400 g/mol. The number of carbonyl (C=O) groups is 1. The summed E-state index contributed by atoms with van der Waals surface area (Å²) in [5.41, 5.74) is 3.54. The number of ether oxygens (including phenoxy) is 2. The molecule has 0 saturated heterocycles. The van der Waals surface area contributed by atoms with Crippen molar-refractivity contribution in [3.05, 3.63) is 64.7 Å². The van der Waals surface area contributed by atoms with Crippen molar-refractivity contribution in [2.45, 2.75) is 13.3 Å². The first-order chi connectivity index (χ1) is 14.6. The van der Waals surface area contributed by atoms with Crippen LogP contribution in [0.3, 0.4) is 0 Å². The maximum atomic E-state index is 12.7. The highest BCUT2D eigenvalue weighted by Crippen LogP contribution is 2.28. The summed E-state index contributed by atoms with van der Waals surface area (Å²) >= 11 is 1.54. The lowest BCUT2D eigenvalue weighted by Gasteiger charge is -2.12. The molecule has 2 aromatic carbocycles. The number of methoxy groups -OCH3 is 2. The number of nitrogens with zero attached hydrogens (tertiary/aromatic N) is 3. The number of rotatable bonds is 7. The first-order valence-electron chi connectivity index (χ1n) is 9.50. The topological polar surface area (TPSA) is 77.8 Å². The molecule has 0 spiro atoms. The number of benzene rings is 2. The average Bonchev–Trinajstić information content (AvgIpc) is 3.35. The van der Waals surface area contributed by atoms with Crippen molar-refractivity contribution in [1.29, 1.82) is 0 Å². The molecule has 0 saturated carbocycles. The summed E-state index contributed by atoms with van der Waals surface area (Å²) in [6.45, 7) is 2.50. The first-order valence-corrected chi connectivity index (χ1v) is 10.4. The lowest BCUT2D eigenvalue weighted by Crippen LogP contribution is -2.27. The quantitative estimate of drug-likeness (QED) is 0.491. The van der Waals surface area contributed by atoms with Gasteiger partial charge in [0.05, 0.1) is 19.9 Å². The molecule has 0 bridgehead atoms. The molecule has 0 aliphatic rings. The Kier molecular flexibility index (Phi) is 5.67. The number of nitrogens with one attached hydrogen (secondary N) is 1. The van der Waals surface area contributed by atoms with E-state index >= 15 is 0 Å². The normalized spacial score (nSPS) is 10.9. The molecule has 7 nitrogen and oxygen atoms in total. The van der Waals surface area contributed by atoms with E-state index in [1.54, 1.807) is 18.2 Å². The molecule has 0 unspecified atom stereocenters. The second kappa shape index (κ2) is 8.54. The maximum absolute atomic E-state index is 12.7. The summed E-state index contributed by atoms with van der Waals surface area (Å²) in [4.78, 5) is 18.2. The molecule has 1 amide bonds. The van der Waals surface area contributed by atoms with Crippen LogP contribution in [0.4, 0.5) is 0 Å². The van der Waals surface area contributed by atoms with Crippen molar-refractivity contribution in [1.82, 2.24) is 19.9 Å². The zero-order valence-corrected chi connectivity index (χ0v) is 17.8. The van der Waals surface area contributed by atoms with E-state index in [4.69, 9.17) is 9.47 Å². The average molecular weight is 423 g/mol. The number of thiazole rings is 1. The van der Waals surface area contributed by atoms with Gasteiger partial charge in [-0.15, -0.1) is 16.4 Å². The van der Waals surface area contributed by atoms with Crippen LogP contribution in [0, 0.1) is 6.92 Å². The third kappa shape index (κ3) is 3.73. The molecule has 2 aromatic heterocycles. The van der Waals surface area contributed by atoms with Crippen molar-refractivity contribution in [3.63, 3.8) is 0 Å². The Morgan fingerprint density at radius 2 is 1.83 bits per heavy atom. The van der Waals surface area contributed by atoms with E-state index < -0.39 is 0 Å².